The number of amides is 1. The van der Waals surface area contributed by atoms with Gasteiger partial charge in [-0.2, -0.15) is 4.31 Å². The second-order valence-electron chi connectivity index (χ2n) is 9.12. The summed E-state index contributed by atoms with van der Waals surface area (Å²) in [5.41, 5.74) is 3.05. The summed E-state index contributed by atoms with van der Waals surface area (Å²) in [5.74, 6) is 0.352. The predicted molar refractivity (Wildman–Crippen MR) is 140 cm³/mol. The number of rotatable bonds is 8. The summed E-state index contributed by atoms with van der Waals surface area (Å²) in [4.78, 5) is 22.6. The molecule has 1 amide bonds. The molecule has 1 aliphatic heterocycles. The number of benzene rings is 2. The number of aryl methyl sites for hydroxylation is 2. The summed E-state index contributed by atoms with van der Waals surface area (Å²) in [5, 5.41) is 0.609. The molecular weight excluding hydrogens is 484 g/mol. The van der Waals surface area contributed by atoms with Gasteiger partial charge < -0.3 is 9.64 Å². The minimum absolute atomic E-state index is 0.157. The molecule has 188 valence electrons. The lowest BCUT2D eigenvalue weighted by Gasteiger charge is -2.29. The van der Waals surface area contributed by atoms with E-state index in [1.807, 2.05) is 38.9 Å². The Bertz CT molecular complexity index is 1280. The Hall–Kier alpha value is -2.53. The van der Waals surface area contributed by atoms with Crippen molar-refractivity contribution in [1.82, 2.24) is 14.2 Å². The van der Waals surface area contributed by atoms with Crippen molar-refractivity contribution in [1.29, 1.82) is 0 Å². The molecule has 8 nitrogen and oxygen atoms in total. The minimum Gasteiger partial charge on any atom is -0.497 e. The van der Waals surface area contributed by atoms with Gasteiger partial charge >= 0.3 is 0 Å². The zero-order valence-corrected chi connectivity index (χ0v) is 22.4. The van der Waals surface area contributed by atoms with Crippen molar-refractivity contribution in [2.45, 2.75) is 37.6 Å². The summed E-state index contributed by atoms with van der Waals surface area (Å²) >= 11 is 1.49. The van der Waals surface area contributed by atoms with E-state index < -0.39 is 16.1 Å². The molecule has 1 aliphatic rings. The van der Waals surface area contributed by atoms with Gasteiger partial charge in [0.2, 0.25) is 15.9 Å². The lowest BCUT2D eigenvalue weighted by molar-refractivity contribution is -0.121. The van der Waals surface area contributed by atoms with Gasteiger partial charge in [0.25, 0.3) is 0 Å². The van der Waals surface area contributed by atoms with Crippen LogP contribution in [-0.4, -0.2) is 75.4 Å². The van der Waals surface area contributed by atoms with E-state index in [1.165, 1.54) is 34.9 Å². The van der Waals surface area contributed by atoms with E-state index in [4.69, 9.17) is 9.72 Å². The number of ether oxygens (including phenoxy) is 1. The van der Waals surface area contributed by atoms with Crippen molar-refractivity contribution >= 4 is 42.6 Å². The molecule has 1 fully saturated rings. The van der Waals surface area contributed by atoms with Gasteiger partial charge in [-0.1, -0.05) is 23.5 Å². The molecule has 2 heterocycles. The number of carbonyl (C=O) groups is 1. The number of hydrogen-bond donors (Lipinski definition) is 0. The maximum atomic E-state index is 13.9. The minimum atomic E-state index is -3.84. The van der Waals surface area contributed by atoms with Crippen LogP contribution in [0.25, 0.3) is 10.2 Å². The lowest BCUT2D eigenvalue weighted by Crippen LogP contribution is -2.49. The third-order valence-corrected chi connectivity index (χ3v) is 9.49. The highest BCUT2D eigenvalue weighted by molar-refractivity contribution is 7.89. The molecule has 0 saturated carbocycles. The summed E-state index contributed by atoms with van der Waals surface area (Å²) in [6.07, 6.45) is 1.11. The molecule has 0 spiro atoms. The number of anilines is 1. The van der Waals surface area contributed by atoms with Gasteiger partial charge in [0.05, 0.1) is 22.2 Å². The third-order valence-electron chi connectivity index (χ3n) is 6.35. The topological polar surface area (TPSA) is 83.0 Å². The van der Waals surface area contributed by atoms with Crippen LogP contribution in [0.4, 0.5) is 5.13 Å². The number of sulfonamides is 1. The van der Waals surface area contributed by atoms with E-state index in [0.29, 0.717) is 43.4 Å². The fourth-order valence-corrected chi connectivity index (χ4v) is 7.10. The number of fused-ring (bicyclic) bond motifs is 1. The smallest absolute Gasteiger partial charge is 0.247 e. The molecule has 2 aromatic carbocycles. The standard InChI is InChI=1S/C25H32N4O4S2/c1-17-8-9-18(2)23-22(17)26-25(34-23)28(16-15-27(3)4)24(30)21-7-6-14-29(21)35(31,32)20-12-10-19(33-5)11-13-20/h8-13,21H,6-7,14-16H2,1-5H3. The predicted octanol–water partition coefficient (Wildman–Crippen LogP) is 3.67. The fraction of sp³-hybridized carbons (Fsp3) is 0.440. The molecule has 10 heteroatoms. The van der Waals surface area contributed by atoms with Gasteiger partial charge in [-0.25, -0.2) is 13.4 Å². The molecule has 1 aromatic heterocycles. The van der Waals surface area contributed by atoms with E-state index >= 15 is 0 Å². The van der Waals surface area contributed by atoms with E-state index in [1.54, 1.807) is 17.0 Å². The zero-order chi connectivity index (χ0) is 25.3. The van der Waals surface area contributed by atoms with Crippen molar-refractivity contribution in [3.8, 4) is 5.75 Å². The van der Waals surface area contributed by atoms with Crippen LogP contribution in [0.1, 0.15) is 24.0 Å². The highest BCUT2D eigenvalue weighted by atomic mass is 32.2. The van der Waals surface area contributed by atoms with Crippen LogP contribution in [0.15, 0.2) is 41.3 Å². The summed E-state index contributed by atoms with van der Waals surface area (Å²) < 4.78 is 34.6. The third kappa shape index (κ3) is 5.06. The van der Waals surface area contributed by atoms with Gasteiger partial charge in [-0.05, 0) is 76.2 Å². The Labute approximate surface area is 211 Å². The van der Waals surface area contributed by atoms with Gasteiger partial charge in [-0.3, -0.25) is 9.69 Å². The van der Waals surface area contributed by atoms with Crippen LogP contribution < -0.4 is 9.64 Å². The molecule has 0 N–H and O–H groups in total. The Morgan fingerprint density at radius 3 is 2.43 bits per heavy atom. The molecule has 0 aliphatic carbocycles. The van der Waals surface area contributed by atoms with Crippen molar-refractivity contribution in [2.75, 3.05) is 45.7 Å². The van der Waals surface area contributed by atoms with Crippen molar-refractivity contribution in [3.63, 3.8) is 0 Å². The SMILES string of the molecule is COc1ccc(S(=O)(=O)N2CCCC2C(=O)N(CCN(C)C)c2nc3c(C)ccc(C)c3s2)cc1. The van der Waals surface area contributed by atoms with Gasteiger partial charge in [0, 0.05) is 19.6 Å². The number of carbonyl (C=O) groups excluding carboxylic acids is 1. The number of thiazole rings is 1. The highest BCUT2D eigenvalue weighted by Crippen LogP contribution is 2.35. The van der Waals surface area contributed by atoms with Crippen molar-refractivity contribution in [2.24, 2.45) is 0 Å². The van der Waals surface area contributed by atoms with Crippen molar-refractivity contribution < 1.29 is 17.9 Å². The fourth-order valence-electron chi connectivity index (χ4n) is 4.30. The Kier molecular flexibility index (Phi) is 7.46. The summed E-state index contributed by atoms with van der Waals surface area (Å²) in [7, 11) is 1.59. The van der Waals surface area contributed by atoms with E-state index in [0.717, 1.165) is 21.3 Å². The molecule has 0 radical (unpaired) electrons. The van der Waals surface area contributed by atoms with Crippen LogP contribution in [0, 0.1) is 13.8 Å². The number of nitrogens with zero attached hydrogens (tertiary/aromatic N) is 4. The van der Waals surface area contributed by atoms with Gasteiger partial charge in [0.1, 0.15) is 11.8 Å². The lowest BCUT2D eigenvalue weighted by atomic mass is 10.1. The van der Waals surface area contributed by atoms with Crippen molar-refractivity contribution in [3.05, 3.63) is 47.5 Å². The first-order chi connectivity index (χ1) is 16.6. The van der Waals surface area contributed by atoms with Crippen LogP contribution in [0.3, 0.4) is 0 Å². The molecular formula is C25H32N4O4S2. The molecule has 1 unspecified atom stereocenters. The largest absolute Gasteiger partial charge is 0.497 e. The van der Waals surface area contributed by atoms with E-state index in [-0.39, 0.29) is 10.8 Å². The zero-order valence-electron chi connectivity index (χ0n) is 20.8. The maximum absolute atomic E-state index is 13.9. The van der Waals surface area contributed by atoms with Gasteiger partial charge in [-0.15, -0.1) is 0 Å². The first-order valence-corrected chi connectivity index (χ1v) is 13.9. The summed E-state index contributed by atoms with van der Waals surface area (Å²) in [6, 6.07) is 9.62. The number of likely N-dealkylation sites (N-methyl/N-ethyl adjacent to an activating group) is 1. The van der Waals surface area contributed by atoms with Crippen LogP contribution >= 0.6 is 11.3 Å². The number of hydrogen-bond acceptors (Lipinski definition) is 7. The van der Waals surface area contributed by atoms with Crippen LogP contribution in [0.2, 0.25) is 0 Å². The first kappa shape index (κ1) is 25.6. The average Bonchev–Trinajstić information content (AvgIpc) is 3.50. The van der Waals surface area contributed by atoms with Crippen LogP contribution in [0.5, 0.6) is 5.75 Å². The average molecular weight is 517 g/mol. The van der Waals surface area contributed by atoms with Gasteiger partial charge in [0.15, 0.2) is 5.13 Å². The number of methoxy groups -OCH3 is 1. The Morgan fingerprint density at radius 1 is 1.11 bits per heavy atom. The summed E-state index contributed by atoms with van der Waals surface area (Å²) in [6.45, 7) is 5.42. The Balaban J connectivity index is 1.69. The first-order valence-electron chi connectivity index (χ1n) is 11.6. The second-order valence-corrected chi connectivity index (χ2v) is 12.0. The van der Waals surface area contributed by atoms with E-state index in [2.05, 4.69) is 6.07 Å². The molecule has 4 rings (SSSR count). The molecule has 0 bridgehead atoms. The Morgan fingerprint density at radius 2 is 1.80 bits per heavy atom. The highest BCUT2D eigenvalue weighted by Gasteiger charge is 2.42. The quantitative estimate of drug-likeness (QED) is 0.454. The maximum Gasteiger partial charge on any atom is 0.247 e. The molecule has 35 heavy (non-hydrogen) atoms. The molecule has 1 atom stereocenters. The van der Waals surface area contributed by atoms with E-state index in [9.17, 15) is 13.2 Å². The monoisotopic (exact) mass is 516 g/mol. The number of aromatic nitrogens is 1. The molecule has 1 saturated heterocycles. The molecule has 3 aromatic rings. The van der Waals surface area contributed by atoms with Crippen LogP contribution in [-0.2, 0) is 14.8 Å². The normalized spacial score (nSPS) is 16.8. The second kappa shape index (κ2) is 10.2.